The van der Waals surface area contributed by atoms with Crippen LogP contribution in [0.2, 0.25) is 0 Å². The summed E-state index contributed by atoms with van der Waals surface area (Å²) in [6.45, 7) is 0.746. The number of amides is 1. The van der Waals surface area contributed by atoms with E-state index >= 15 is 0 Å². The number of hydrogen-bond donors (Lipinski definition) is 1. The number of nitrogens with one attached hydrogen (secondary N) is 1. The lowest BCUT2D eigenvalue weighted by Gasteiger charge is -2.25. The van der Waals surface area contributed by atoms with Gasteiger partial charge in [0.25, 0.3) is 5.91 Å². The third-order valence-electron chi connectivity index (χ3n) is 3.09. The summed E-state index contributed by atoms with van der Waals surface area (Å²) in [5.74, 6) is 0.504. The molecule has 1 aromatic heterocycles. The van der Waals surface area contributed by atoms with Crippen molar-refractivity contribution >= 4 is 21.8 Å². The summed E-state index contributed by atoms with van der Waals surface area (Å²) < 4.78 is 0. The number of carbonyl (C=O) groups excluding carboxylic acids is 1. The van der Waals surface area contributed by atoms with Gasteiger partial charge in [0.1, 0.15) is 6.33 Å². The van der Waals surface area contributed by atoms with Gasteiger partial charge >= 0.3 is 0 Å². The first kappa shape index (κ1) is 12.5. The van der Waals surface area contributed by atoms with Crippen molar-refractivity contribution in [3.05, 3.63) is 24.3 Å². The van der Waals surface area contributed by atoms with Crippen molar-refractivity contribution in [3.8, 4) is 0 Å². The fraction of sp³-hybridized carbons (Fsp3) is 0.583. The average Bonchev–Trinajstić information content (AvgIpc) is 2.37. The quantitative estimate of drug-likeness (QED) is 0.870. The Morgan fingerprint density at radius 1 is 1.41 bits per heavy atom. The molecular formula is C12H16BrN3O. The minimum atomic E-state index is -0.0812. The Kier molecular flexibility index (Phi) is 4.48. The lowest BCUT2D eigenvalue weighted by molar-refractivity contribution is 0.0943. The molecule has 1 amide bonds. The first-order chi connectivity index (χ1) is 8.25. The van der Waals surface area contributed by atoms with Gasteiger partial charge in [-0.2, -0.15) is 0 Å². The molecule has 2 unspecified atom stereocenters. The first-order valence-electron chi connectivity index (χ1n) is 5.93. The third-order valence-corrected chi connectivity index (χ3v) is 3.92. The average molecular weight is 298 g/mol. The molecule has 1 aliphatic rings. The van der Waals surface area contributed by atoms with Gasteiger partial charge in [-0.1, -0.05) is 22.4 Å². The molecule has 17 heavy (non-hydrogen) atoms. The van der Waals surface area contributed by atoms with Gasteiger partial charge in [-0.15, -0.1) is 0 Å². The predicted octanol–water partition coefficient (Wildman–Crippen LogP) is 2.16. The summed E-state index contributed by atoms with van der Waals surface area (Å²) in [5.41, 5.74) is 0.527. The van der Waals surface area contributed by atoms with Gasteiger partial charge in [-0.3, -0.25) is 4.79 Å². The van der Waals surface area contributed by atoms with Gasteiger partial charge in [0.2, 0.25) is 0 Å². The highest BCUT2D eigenvalue weighted by Crippen LogP contribution is 2.28. The Hall–Kier alpha value is -0.970. The molecule has 2 atom stereocenters. The molecule has 0 radical (unpaired) electrons. The molecule has 0 aromatic carbocycles. The van der Waals surface area contributed by atoms with E-state index in [2.05, 4.69) is 31.2 Å². The van der Waals surface area contributed by atoms with E-state index in [0.29, 0.717) is 16.3 Å². The molecule has 0 saturated heterocycles. The Balaban J connectivity index is 1.80. The van der Waals surface area contributed by atoms with Crippen LogP contribution >= 0.6 is 15.9 Å². The molecule has 1 N–H and O–H groups in total. The number of rotatable bonds is 3. The first-order valence-corrected chi connectivity index (χ1v) is 6.84. The van der Waals surface area contributed by atoms with Crippen LogP contribution in [-0.4, -0.2) is 27.2 Å². The minimum absolute atomic E-state index is 0.0812. The zero-order chi connectivity index (χ0) is 12.1. The van der Waals surface area contributed by atoms with Crippen LogP contribution in [0.3, 0.4) is 0 Å². The molecular weight excluding hydrogens is 282 g/mol. The van der Waals surface area contributed by atoms with E-state index in [1.54, 1.807) is 0 Å². The van der Waals surface area contributed by atoms with E-state index < -0.39 is 0 Å². The van der Waals surface area contributed by atoms with E-state index in [1.807, 2.05) is 0 Å². The third kappa shape index (κ3) is 3.77. The SMILES string of the molecule is O=C(NCC1CCCC(Br)C1)c1cncnc1. The van der Waals surface area contributed by atoms with Crippen LogP contribution in [0.5, 0.6) is 0 Å². The van der Waals surface area contributed by atoms with Crippen molar-refractivity contribution in [2.75, 3.05) is 6.54 Å². The number of aromatic nitrogens is 2. The fourth-order valence-corrected chi connectivity index (χ4v) is 3.02. The van der Waals surface area contributed by atoms with Crippen molar-refractivity contribution in [3.63, 3.8) is 0 Å². The molecule has 1 heterocycles. The second kappa shape index (κ2) is 6.10. The Labute approximate surface area is 109 Å². The van der Waals surface area contributed by atoms with Crippen LogP contribution in [0.15, 0.2) is 18.7 Å². The largest absolute Gasteiger partial charge is 0.352 e. The number of nitrogens with zero attached hydrogens (tertiary/aromatic N) is 2. The smallest absolute Gasteiger partial charge is 0.254 e. The van der Waals surface area contributed by atoms with Gasteiger partial charge in [0.15, 0.2) is 0 Å². The highest BCUT2D eigenvalue weighted by Gasteiger charge is 2.20. The van der Waals surface area contributed by atoms with E-state index in [1.165, 1.54) is 38.0 Å². The molecule has 4 nitrogen and oxygen atoms in total. The van der Waals surface area contributed by atoms with E-state index in [4.69, 9.17) is 0 Å². The molecule has 1 aliphatic carbocycles. The van der Waals surface area contributed by atoms with Gasteiger partial charge in [-0.05, 0) is 25.2 Å². The number of carbonyl (C=O) groups is 1. The van der Waals surface area contributed by atoms with Crippen LogP contribution in [0.1, 0.15) is 36.0 Å². The summed E-state index contributed by atoms with van der Waals surface area (Å²) >= 11 is 3.65. The van der Waals surface area contributed by atoms with Crippen molar-refractivity contribution in [1.82, 2.24) is 15.3 Å². The lowest BCUT2D eigenvalue weighted by atomic mass is 9.89. The maximum absolute atomic E-state index is 11.8. The summed E-state index contributed by atoms with van der Waals surface area (Å²) in [6.07, 6.45) is 9.33. The highest BCUT2D eigenvalue weighted by molar-refractivity contribution is 9.09. The second-order valence-corrected chi connectivity index (χ2v) is 5.76. The van der Waals surface area contributed by atoms with E-state index in [0.717, 1.165) is 13.0 Å². The fourth-order valence-electron chi connectivity index (χ4n) is 2.17. The monoisotopic (exact) mass is 297 g/mol. The maximum atomic E-state index is 11.8. The van der Waals surface area contributed by atoms with E-state index in [-0.39, 0.29) is 5.91 Å². The zero-order valence-corrected chi connectivity index (χ0v) is 11.2. The van der Waals surface area contributed by atoms with Crippen molar-refractivity contribution in [2.45, 2.75) is 30.5 Å². The summed E-state index contributed by atoms with van der Waals surface area (Å²) in [4.78, 5) is 20.0. The molecule has 2 rings (SSSR count). The van der Waals surface area contributed by atoms with Gasteiger partial charge < -0.3 is 5.32 Å². The number of halogens is 1. The molecule has 1 aromatic rings. The van der Waals surface area contributed by atoms with Crippen LogP contribution in [0, 0.1) is 5.92 Å². The summed E-state index contributed by atoms with van der Waals surface area (Å²) in [7, 11) is 0. The number of hydrogen-bond acceptors (Lipinski definition) is 3. The van der Waals surface area contributed by atoms with Crippen LogP contribution in [-0.2, 0) is 0 Å². The maximum Gasteiger partial charge on any atom is 0.254 e. The Morgan fingerprint density at radius 2 is 2.18 bits per heavy atom. The molecule has 5 heteroatoms. The Morgan fingerprint density at radius 3 is 2.88 bits per heavy atom. The normalized spacial score (nSPS) is 24.3. The Bertz CT molecular complexity index is 371. The molecule has 0 spiro atoms. The predicted molar refractivity (Wildman–Crippen MR) is 69.0 cm³/mol. The minimum Gasteiger partial charge on any atom is -0.352 e. The highest BCUT2D eigenvalue weighted by atomic mass is 79.9. The lowest BCUT2D eigenvalue weighted by Crippen LogP contribution is -2.32. The van der Waals surface area contributed by atoms with Crippen LogP contribution in [0.4, 0.5) is 0 Å². The molecule has 1 fully saturated rings. The summed E-state index contributed by atoms with van der Waals surface area (Å²) in [6, 6.07) is 0. The zero-order valence-electron chi connectivity index (χ0n) is 9.60. The summed E-state index contributed by atoms with van der Waals surface area (Å²) in [5, 5.41) is 2.95. The molecule has 0 aliphatic heterocycles. The van der Waals surface area contributed by atoms with Gasteiger partial charge in [-0.25, -0.2) is 9.97 Å². The van der Waals surface area contributed by atoms with Gasteiger partial charge in [0, 0.05) is 23.8 Å². The standard InChI is InChI=1S/C12H16BrN3O/c13-11-3-1-2-9(4-11)5-16-12(17)10-6-14-8-15-7-10/h6-9,11H,1-5H2,(H,16,17). The number of alkyl halides is 1. The second-order valence-electron chi connectivity index (χ2n) is 4.47. The topological polar surface area (TPSA) is 54.9 Å². The van der Waals surface area contributed by atoms with Crippen LogP contribution in [0.25, 0.3) is 0 Å². The van der Waals surface area contributed by atoms with Crippen molar-refractivity contribution in [1.29, 1.82) is 0 Å². The van der Waals surface area contributed by atoms with Gasteiger partial charge in [0.05, 0.1) is 5.56 Å². The molecule has 1 saturated carbocycles. The molecule has 0 bridgehead atoms. The van der Waals surface area contributed by atoms with Crippen molar-refractivity contribution in [2.24, 2.45) is 5.92 Å². The van der Waals surface area contributed by atoms with Crippen molar-refractivity contribution < 1.29 is 4.79 Å². The van der Waals surface area contributed by atoms with Crippen LogP contribution < -0.4 is 5.32 Å². The molecule has 92 valence electrons. The van der Waals surface area contributed by atoms with E-state index in [9.17, 15) is 4.79 Å².